The van der Waals surface area contributed by atoms with E-state index < -0.39 is 16.7 Å². The van der Waals surface area contributed by atoms with E-state index in [9.17, 15) is 4.79 Å². The van der Waals surface area contributed by atoms with E-state index in [-0.39, 0.29) is 11.8 Å². The number of aliphatic imine (C=N–C) groups is 1. The Morgan fingerprint density at radius 2 is 2.00 bits per heavy atom. The molecular formula is C8H6N4O. The second-order valence-electron chi connectivity index (χ2n) is 3.36. The summed E-state index contributed by atoms with van der Waals surface area (Å²) >= 11 is 0. The standard InChI is InChI=1S/C8H6N4O/c1-4-7(2-9)5(11)12-6(13)8(4,7)3-10/h4H,1H3,(H2,11,12,13)/t4-,7+,8-/m0/s1. The highest BCUT2D eigenvalue weighted by Gasteiger charge is 2.86. The van der Waals surface area contributed by atoms with E-state index in [1.807, 2.05) is 12.1 Å². The van der Waals surface area contributed by atoms with Gasteiger partial charge >= 0.3 is 0 Å². The predicted molar refractivity (Wildman–Crippen MR) is 41.9 cm³/mol. The van der Waals surface area contributed by atoms with E-state index in [1.54, 1.807) is 6.92 Å². The van der Waals surface area contributed by atoms with E-state index in [0.717, 1.165) is 0 Å². The molecule has 64 valence electrons. The number of hydrogen-bond acceptors (Lipinski definition) is 4. The Balaban J connectivity index is 2.66. The molecule has 3 atom stereocenters. The first-order valence-electron chi connectivity index (χ1n) is 3.79. The van der Waals surface area contributed by atoms with E-state index in [0.29, 0.717) is 0 Å². The van der Waals surface area contributed by atoms with E-state index in [2.05, 4.69) is 4.99 Å². The number of nitriles is 2. The van der Waals surface area contributed by atoms with Gasteiger partial charge in [-0.15, -0.1) is 0 Å². The molecule has 5 heteroatoms. The van der Waals surface area contributed by atoms with E-state index in [1.165, 1.54) is 0 Å². The highest BCUT2D eigenvalue weighted by atomic mass is 16.2. The van der Waals surface area contributed by atoms with Crippen molar-refractivity contribution in [1.82, 2.24) is 0 Å². The largest absolute Gasteiger partial charge is 0.386 e. The summed E-state index contributed by atoms with van der Waals surface area (Å²) in [5, 5.41) is 17.8. The van der Waals surface area contributed by atoms with Crippen molar-refractivity contribution < 1.29 is 4.79 Å². The number of hydrogen-bond donors (Lipinski definition) is 1. The first-order valence-corrected chi connectivity index (χ1v) is 3.79. The lowest BCUT2D eigenvalue weighted by molar-refractivity contribution is -0.121. The molecule has 0 bridgehead atoms. The van der Waals surface area contributed by atoms with Crippen LogP contribution < -0.4 is 5.73 Å². The highest BCUT2D eigenvalue weighted by Crippen LogP contribution is 2.71. The molecule has 2 rings (SSSR count). The molecule has 1 heterocycles. The van der Waals surface area contributed by atoms with Crippen LogP contribution in [-0.4, -0.2) is 11.7 Å². The molecule has 1 fully saturated rings. The van der Waals surface area contributed by atoms with Crippen LogP contribution in [0.3, 0.4) is 0 Å². The number of rotatable bonds is 0. The lowest BCUT2D eigenvalue weighted by Gasteiger charge is -1.99. The van der Waals surface area contributed by atoms with Crippen LogP contribution in [0.2, 0.25) is 0 Å². The van der Waals surface area contributed by atoms with Crippen LogP contribution in [0.1, 0.15) is 6.92 Å². The SMILES string of the molecule is C[C@H]1[C@]2(C#N)C(N)=NC(=O)[C@]12C#N. The molecule has 1 aliphatic heterocycles. The molecule has 1 saturated carbocycles. The number of amidine groups is 1. The number of nitrogens with zero attached hydrogens (tertiary/aromatic N) is 3. The molecule has 0 radical (unpaired) electrons. The smallest absolute Gasteiger partial charge is 0.270 e. The minimum Gasteiger partial charge on any atom is -0.386 e. The monoisotopic (exact) mass is 174 g/mol. The average Bonchev–Trinajstić information content (AvgIpc) is 2.56. The maximum absolute atomic E-state index is 11.3. The van der Waals surface area contributed by atoms with E-state index >= 15 is 0 Å². The van der Waals surface area contributed by atoms with Crippen molar-refractivity contribution in [2.45, 2.75) is 6.92 Å². The van der Waals surface area contributed by atoms with Gasteiger partial charge in [-0.2, -0.15) is 15.5 Å². The topological polar surface area (TPSA) is 103 Å². The third-order valence-electron chi connectivity index (χ3n) is 3.15. The van der Waals surface area contributed by atoms with Gasteiger partial charge in [0.1, 0.15) is 11.3 Å². The minimum absolute atomic E-state index is 0.00551. The van der Waals surface area contributed by atoms with Gasteiger partial charge in [-0.25, -0.2) is 0 Å². The summed E-state index contributed by atoms with van der Waals surface area (Å²) in [4.78, 5) is 14.8. The number of amides is 1. The molecule has 2 N–H and O–H groups in total. The Morgan fingerprint density at radius 3 is 2.31 bits per heavy atom. The fraction of sp³-hybridized carbons (Fsp3) is 0.500. The molecule has 13 heavy (non-hydrogen) atoms. The Hall–Kier alpha value is -1.88. The molecule has 0 aromatic heterocycles. The van der Waals surface area contributed by atoms with Crippen LogP contribution in [0.5, 0.6) is 0 Å². The summed E-state index contributed by atoms with van der Waals surface area (Å²) in [6.45, 7) is 1.67. The first kappa shape index (κ1) is 7.75. The van der Waals surface area contributed by atoms with Gasteiger partial charge < -0.3 is 5.73 Å². The zero-order valence-corrected chi connectivity index (χ0v) is 6.90. The molecule has 0 aromatic carbocycles. The Morgan fingerprint density at radius 1 is 1.46 bits per heavy atom. The fourth-order valence-corrected chi connectivity index (χ4v) is 2.20. The lowest BCUT2D eigenvalue weighted by Crippen LogP contribution is -2.25. The minimum atomic E-state index is -1.29. The summed E-state index contributed by atoms with van der Waals surface area (Å²) < 4.78 is 0. The number of carbonyl (C=O) groups is 1. The highest BCUT2D eigenvalue weighted by molar-refractivity contribution is 6.16. The third-order valence-corrected chi connectivity index (χ3v) is 3.15. The second-order valence-corrected chi connectivity index (χ2v) is 3.36. The summed E-state index contributed by atoms with van der Waals surface area (Å²) in [5.74, 6) is -0.907. The van der Waals surface area contributed by atoms with Gasteiger partial charge in [-0.3, -0.25) is 4.79 Å². The van der Waals surface area contributed by atoms with Crippen molar-refractivity contribution in [2.24, 2.45) is 27.5 Å². The molecule has 0 spiro atoms. The van der Waals surface area contributed by atoms with Gasteiger partial charge in [-0.05, 0) is 0 Å². The third kappa shape index (κ3) is 0.436. The van der Waals surface area contributed by atoms with Crippen molar-refractivity contribution in [3.63, 3.8) is 0 Å². The summed E-state index contributed by atoms with van der Waals surface area (Å²) in [5.41, 5.74) is 3.04. The van der Waals surface area contributed by atoms with Gasteiger partial charge in [-0.1, -0.05) is 6.92 Å². The maximum Gasteiger partial charge on any atom is 0.270 e. The van der Waals surface area contributed by atoms with Crippen LogP contribution in [0, 0.1) is 39.4 Å². The molecule has 0 aromatic rings. The zero-order valence-electron chi connectivity index (χ0n) is 6.90. The van der Waals surface area contributed by atoms with Gasteiger partial charge in [0.2, 0.25) is 0 Å². The Labute approximate surface area is 74.5 Å². The second kappa shape index (κ2) is 1.72. The lowest BCUT2D eigenvalue weighted by atomic mass is 9.97. The van der Waals surface area contributed by atoms with Crippen LogP contribution in [0.4, 0.5) is 0 Å². The van der Waals surface area contributed by atoms with Crippen molar-refractivity contribution in [3.05, 3.63) is 0 Å². The van der Waals surface area contributed by atoms with Crippen molar-refractivity contribution in [1.29, 1.82) is 10.5 Å². The summed E-state index contributed by atoms with van der Waals surface area (Å²) in [7, 11) is 0. The van der Waals surface area contributed by atoms with Crippen molar-refractivity contribution in [2.75, 3.05) is 0 Å². The van der Waals surface area contributed by atoms with Crippen LogP contribution in [0.15, 0.2) is 4.99 Å². The molecule has 1 aliphatic carbocycles. The molecule has 0 unspecified atom stereocenters. The van der Waals surface area contributed by atoms with Gasteiger partial charge in [0.05, 0.1) is 12.1 Å². The van der Waals surface area contributed by atoms with Gasteiger partial charge in [0.15, 0.2) is 5.41 Å². The van der Waals surface area contributed by atoms with Crippen LogP contribution in [0.25, 0.3) is 0 Å². The van der Waals surface area contributed by atoms with Gasteiger partial charge in [0.25, 0.3) is 5.91 Å². The zero-order chi connectivity index (χ0) is 9.85. The van der Waals surface area contributed by atoms with E-state index in [4.69, 9.17) is 16.3 Å². The van der Waals surface area contributed by atoms with Crippen molar-refractivity contribution >= 4 is 11.7 Å². The number of fused-ring (bicyclic) bond motifs is 1. The molecule has 5 nitrogen and oxygen atoms in total. The number of nitrogens with two attached hydrogens (primary N) is 1. The Bertz CT molecular complexity index is 426. The maximum atomic E-state index is 11.3. The molecule has 2 aliphatic rings. The molecule has 0 saturated heterocycles. The predicted octanol–water partition coefficient (Wildman–Crippen LogP) is -0.447. The average molecular weight is 174 g/mol. The fourth-order valence-electron chi connectivity index (χ4n) is 2.20. The summed E-state index contributed by atoms with van der Waals surface area (Å²) in [6, 6.07) is 3.81. The quantitative estimate of drug-likeness (QED) is 0.537. The number of carbonyl (C=O) groups excluding carboxylic acids is 1. The summed E-state index contributed by atoms with van der Waals surface area (Å²) in [6.07, 6.45) is 0. The first-order chi connectivity index (χ1) is 6.07. The van der Waals surface area contributed by atoms with Crippen LogP contribution in [-0.2, 0) is 4.79 Å². The van der Waals surface area contributed by atoms with Crippen LogP contribution >= 0.6 is 0 Å². The Kier molecular flexibility index (Phi) is 1.03. The van der Waals surface area contributed by atoms with Crippen molar-refractivity contribution in [3.8, 4) is 12.1 Å². The molecule has 1 amide bonds. The van der Waals surface area contributed by atoms with Gasteiger partial charge in [0, 0.05) is 5.92 Å². The molecular weight excluding hydrogens is 168 g/mol. The normalized spacial score (nSPS) is 45.9.